The van der Waals surface area contributed by atoms with Gasteiger partial charge in [-0.25, -0.2) is 22.6 Å². The van der Waals surface area contributed by atoms with E-state index in [0.717, 1.165) is 23.4 Å². The smallest absolute Gasteiger partial charge is 0.252 e. The van der Waals surface area contributed by atoms with E-state index in [9.17, 15) is 4.39 Å². The summed E-state index contributed by atoms with van der Waals surface area (Å²) in [5.41, 5.74) is 4.29. The molecule has 0 spiro atoms. The molecule has 0 fully saturated rings. The summed E-state index contributed by atoms with van der Waals surface area (Å²) in [6.45, 7) is 0. The first-order chi connectivity index (χ1) is 13.8. The number of fused-ring (bicyclic) bond motifs is 1. The van der Waals surface area contributed by atoms with E-state index >= 15 is 0 Å². The second-order valence-electron chi connectivity index (χ2n) is 6.52. The Morgan fingerprint density at radius 3 is 2.28 bits per heavy atom. The predicted molar refractivity (Wildman–Crippen MR) is 116 cm³/mol. The number of hydrogen-bond acceptors (Lipinski definition) is 2. The zero-order valence-corrected chi connectivity index (χ0v) is 17.6. The Labute approximate surface area is 185 Å². The third-order valence-electron chi connectivity index (χ3n) is 4.56. The molecule has 0 bridgehead atoms. The SMILES string of the molecule is Fc1ccc(C2=Nc3ccccc3SC(c3cc[cH-]c3)C2)cc1.[Fe+2].c1cc[cH-]c1. The number of rotatable bonds is 2. The van der Waals surface area contributed by atoms with Gasteiger partial charge in [-0.15, -0.1) is 11.8 Å². The van der Waals surface area contributed by atoms with Crippen LogP contribution in [0.3, 0.4) is 0 Å². The number of thioether (sulfide) groups is 1. The quantitative estimate of drug-likeness (QED) is 0.235. The monoisotopic (exact) mass is 441 g/mol. The molecule has 1 heterocycles. The van der Waals surface area contributed by atoms with Crippen molar-refractivity contribution in [1.29, 1.82) is 0 Å². The zero-order chi connectivity index (χ0) is 19.2. The Morgan fingerprint density at radius 1 is 0.862 bits per heavy atom. The van der Waals surface area contributed by atoms with Crippen LogP contribution in [0.1, 0.15) is 22.8 Å². The average Bonchev–Trinajstić information content (AvgIpc) is 3.43. The minimum absolute atomic E-state index is 0. The molecular weight excluding hydrogens is 421 g/mol. The number of para-hydroxylation sites is 1. The molecule has 1 aliphatic heterocycles. The van der Waals surface area contributed by atoms with Crippen LogP contribution in [0.2, 0.25) is 0 Å². The molecule has 0 N–H and O–H groups in total. The van der Waals surface area contributed by atoms with E-state index < -0.39 is 0 Å². The van der Waals surface area contributed by atoms with E-state index in [1.54, 1.807) is 0 Å². The van der Waals surface area contributed by atoms with Gasteiger partial charge in [-0.1, -0.05) is 24.3 Å². The van der Waals surface area contributed by atoms with Gasteiger partial charge in [-0.2, -0.15) is 42.0 Å². The maximum absolute atomic E-state index is 13.2. The number of benzene rings is 2. The summed E-state index contributed by atoms with van der Waals surface area (Å²) in [5, 5.41) is 0.317. The molecule has 4 aromatic rings. The van der Waals surface area contributed by atoms with E-state index in [-0.39, 0.29) is 22.9 Å². The largest absolute Gasteiger partial charge is 2.00 e. The second-order valence-corrected chi connectivity index (χ2v) is 7.77. The second kappa shape index (κ2) is 10.4. The molecule has 1 unspecified atom stereocenters. The number of aliphatic imine (C=N–C) groups is 1. The molecule has 4 heteroatoms. The molecule has 1 nitrogen and oxygen atoms in total. The van der Waals surface area contributed by atoms with Gasteiger partial charge < -0.3 is 0 Å². The van der Waals surface area contributed by atoms with Gasteiger partial charge in [0.05, 0.1) is 5.69 Å². The molecule has 146 valence electrons. The van der Waals surface area contributed by atoms with Gasteiger partial charge in [0.2, 0.25) is 0 Å². The molecule has 29 heavy (non-hydrogen) atoms. The third kappa shape index (κ3) is 5.57. The zero-order valence-electron chi connectivity index (χ0n) is 15.7. The summed E-state index contributed by atoms with van der Waals surface area (Å²) in [7, 11) is 0. The van der Waals surface area contributed by atoms with Crippen LogP contribution in [0.4, 0.5) is 10.1 Å². The minimum Gasteiger partial charge on any atom is -0.252 e. The summed E-state index contributed by atoms with van der Waals surface area (Å²) < 4.78 is 13.2. The molecule has 5 rings (SSSR count). The fourth-order valence-electron chi connectivity index (χ4n) is 3.15. The molecule has 0 saturated carbocycles. The van der Waals surface area contributed by atoms with Gasteiger partial charge in [-0.3, -0.25) is 4.99 Å². The maximum atomic E-state index is 13.2. The van der Waals surface area contributed by atoms with Crippen LogP contribution in [0.15, 0.2) is 113 Å². The molecule has 1 aliphatic rings. The van der Waals surface area contributed by atoms with Gasteiger partial charge in [0.25, 0.3) is 0 Å². The Morgan fingerprint density at radius 2 is 1.62 bits per heavy atom. The molecule has 4 aromatic carbocycles. The molecule has 1 atom stereocenters. The summed E-state index contributed by atoms with van der Waals surface area (Å²) >= 11 is 1.85. The van der Waals surface area contributed by atoms with Crippen LogP contribution in [-0.2, 0) is 17.1 Å². The number of halogens is 1. The molecule has 0 amide bonds. The summed E-state index contributed by atoms with van der Waals surface area (Å²) in [4.78, 5) is 6.06. The number of nitrogens with zero attached hydrogens (tertiary/aromatic N) is 1. The Balaban J connectivity index is 0.000000352. The van der Waals surface area contributed by atoms with Crippen molar-refractivity contribution in [2.45, 2.75) is 16.6 Å². The van der Waals surface area contributed by atoms with Crippen LogP contribution in [0, 0.1) is 5.82 Å². The Bertz CT molecular complexity index is 1000. The average molecular weight is 441 g/mol. The summed E-state index contributed by atoms with van der Waals surface area (Å²) in [6.07, 6.45) is 0.828. The van der Waals surface area contributed by atoms with Crippen molar-refractivity contribution in [2.24, 2.45) is 4.99 Å². The Hall–Kier alpha value is -2.39. The van der Waals surface area contributed by atoms with Crippen LogP contribution in [0.5, 0.6) is 0 Å². The molecule has 0 radical (unpaired) electrons. The maximum Gasteiger partial charge on any atom is 2.00 e. The van der Waals surface area contributed by atoms with Crippen LogP contribution >= 0.6 is 11.8 Å². The van der Waals surface area contributed by atoms with Gasteiger partial charge in [0.15, 0.2) is 0 Å². The first-order valence-electron chi connectivity index (χ1n) is 9.27. The van der Waals surface area contributed by atoms with E-state index in [1.807, 2.05) is 72.4 Å². The first-order valence-corrected chi connectivity index (χ1v) is 10.1. The van der Waals surface area contributed by atoms with Crippen LogP contribution in [-0.4, -0.2) is 5.71 Å². The fraction of sp³-hybridized carbons (Fsp3) is 0.0800. The van der Waals surface area contributed by atoms with Gasteiger partial charge >= 0.3 is 17.1 Å². The van der Waals surface area contributed by atoms with E-state index in [4.69, 9.17) is 4.99 Å². The van der Waals surface area contributed by atoms with Gasteiger partial charge in [-0.05, 0) is 41.5 Å². The van der Waals surface area contributed by atoms with E-state index in [2.05, 4.69) is 30.3 Å². The standard InChI is InChI=1S/C20H15FNS.C5H5.Fe/c21-16-11-9-14(10-12-16)18-13-20(15-5-1-2-6-15)23-19-8-4-3-7-17(19)22-18;1-2-4-5-3-1;/h1-12,20H,13H2;1-5H;/q2*-1;+2. The predicted octanol–water partition coefficient (Wildman–Crippen LogP) is 7.31. The van der Waals surface area contributed by atoms with Crippen molar-refractivity contribution in [2.75, 3.05) is 0 Å². The van der Waals surface area contributed by atoms with Crippen molar-refractivity contribution >= 4 is 23.2 Å². The van der Waals surface area contributed by atoms with E-state index in [1.165, 1.54) is 22.6 Å². The van der Waals surface area contributed by atoms with Crippen molar-refractivity contribution in [3.05, 3.63) is 120 Å². The van der Waals surface area contributed by atoms with Crippen molar-refractivity contribution in [1.82, 2.24) is 0 Å². The van der Waals surface area contributed by atoms with E-state index in [0.29, 0.717) is 5.25 Å². The normalized spacial score (nSPS) is 15.1. The van der Waals surface area contributed by atoms with Gasteiger partial charge in [0.1, 0.15) is 5.82 Å². The fourth-order valence-corrected chi connectivity index (χ4v) is 4.38. The topological polar surface area (TPSA) is 12.4 Å². The first kappa shape index (κ1) is 21.3. The van der Waals surface area contributed by atoms with Crippen LogP contribution < -0.4 is 0 Å². The molecule has 0 saturated heterocycles. The van der Waals surface area contributed by atoms with Gasteiger partial charge in [0, 0.05) is 10.6 Å². The van der Waals surface area contributed by atoms with Crippen LogP contribution in [0.25, 0.3) is 0 Å². The van der Waals surface area contributed by atoms with Crippen molar-refractivity contribution in [3.63, 3.8) is 0 Å². The minimum atomic E-state index is -0.217. The Kier molecular flexibility index (Phi) is 7.65. The molecular formula is C25H20FFeNS. The molecule has 0 aromatic heterocycles. The number of hydrogen-bond donors (Lipinski definition) is 0. The summed E-state index contributed by atoms with van der Waals surface area (Å²) in [6, 6.07) is 33.3. The molecule has 0 aliphatic carbocycles. The third-order valence-corrected chi connectivity index (χ3v) is 5.88. The van der Waals surface area contributed by atoms with Crippen molar-refractivity contribution in [3.8, 4) is 0 Å². The summed E-state index contributed by atoms with van der Waals surface area (Å²) in [5.74, 6) is -0.217. The van der Waals surface area contributed by atoms with Crippen molar-refractivity contribution < 1.29 is 21.5 Å².